The maximum atomic E-state index is 11.6. The van der Waals surface area contributed by atoms with Gasteiger partial charge >= 0.3 is 11.9 Å². The smallest absolute Gasteiger partial charge is 0.338 e. The van der Waals surface area contributed by atoms with Gasteiger partial charge in [0, 0.05) is 0 Å². The Hall–Kier alpha value is -3.09. The van der Waals surface area contributed by atoms with Crippen molar-refractivity contribution in [3.8, 4) is 0 Å². The first-order valence-corrected chi connectivity index (χ1v) is 7.33. The zero-order valence-corrected chi connectivity index (χ0v) is 13.1. The Balaban J connectivity index is 1.75. The predicted molar refractivity (Wildman–Crippen MR) is 83.2 cm³/mol. The van der Waals surface area contributed by atoms with Crippen LogP contribution in [-0.4, -0.2) is 31.0 Å². The molecule has 0 spiro atoms. The minimum Gasteiger partial charge on any atom is -0.462 e. The summed E-state index contributed by atoms with van der Waals surface area (Å²) < 4.78 is 14.8. The summed E-state index contributed by atoms with van der Waals surface area (Å²) in [5.74, 6) is -1.35. The first-order valence-electron chi connectivity index (χ1n) is 7.33. The van der Waals surface area contributed by atoms with Crippen LogP contribution in [0.3, 0.4) is 0 Å². The molecule has 0 atom stereocenters. The van der Waals surface area contributed by atoms with Gasteiger partial charge in [-0.15, -0.1) is 0 Å². The predicted octanol–water partition coefficient (Wildman–Crippen LogP) is 1.93. The average Bonchev–Trinajstić information content (AvgIpc) is 3.13. The van der Waals surface area contributed by atoms with Crippen LogP contribution in [0.1, 0.15) is 33.4 Å². The number of carbonyl (C=O) groups excluding carboxylic acids is 3. The number of hydrogen-bond acceptors (Lipinski definition) is 6. The molecule has 7 nitrogen and oxygen atoms in total. The summed E-state index contributed by atoms with van der Waals surface area (Å²) in [5.41, 5.74) is 1.14. The molecule has 0 saturated carbocycles. The highest BCUT2D eigenvalue weighted by Crippen LogP contribution is 2.07. The van der Waals surface area contributed by atoms with Crippen LogP contribution in [0.5, 0.6) is 0 Å². The van der Waals surface area contributed by atoms with E-state index in [4.69, 9.17) is 13.9 Å². The fourth-order valence-electron chi connectivity index (χ4n) is 1.81. The van der Waals surface area contributed by atoms with Crippen LogP contribution >= 0.6 is 0 Å². The first kappa shape index (κ1) is 17.3. The van der Waals surface area contributed by atoms with Crippen molar-refractivity contribution in [2.24, 2.45) is 0 Å². The molecule has 24 heavy (non-hydrogen) atoms. The second kappa shape index (κ2) is 8.52. The molecule has 2 rings (SSSR count). The number of esters is 2. The van der Waals surface area contributed by atoms with Crippen molar-refractivity contribution < 1.29 is 28.3 Å². The van der Waals surface area contributed by atoms with Gasteiger partial charge in [-0.3, -0.25) is 9.59 Å². The number of nitrogens with one attached hydrogen (secondary N) is 1. The molecule has 126 valence electrons. The van der Waals surface area contributed by atoms with E-state index >= 15 is 0 Å². The van der Waals surface area contributed by atoms with E-state index in [0.29, 0.717) is 17.7 Å². The number of benzene rings is 1. The van der Waals surface area contributed by atoms with E-state index in [1.807, 2.05) is 0 Å². The average molecular weight is 331 g/mol. The summed E-state index contributed by atoms with van der Waals surface area (Å²) in [6, 6.07) is 9.60. The van der Waals surface area contributed by atoms with Gasteiger partial charge in [-0.2, -0.15) is 0 Å². The fourth-order valence-corrected chi connectivity index (χ4v) is 1.81. The van der Waals surface area contributed by atoms with Crippen LogP contribution in [0.15, 0.2) is 47.1 Å². The second-order valence-corrected chi connectivity index (χ2v) is 4.74. The van der Waals surface area contributed by atoms with Crippen LogP contribution in [-0.2, 0) is 20.9 Å². The third-order valence-corrected chi connectivity index (χ3v) is 3.00. The Morgan fingerprint density at radius 2 is 1.83 bits per heavy atom. The molecule has 0 aliphatic carbocycles. The summed E-state index contributed by atoms with van der Waals surface area (Å²) in [7, 11) is 0. The quantitative estimate of drug-likeness (QED) is 0.779. The highest BCUT2D eigenvalue weighted by Gasteiger charge is 2.11. The molecule has 0 fully saturated rings. The van der Waals surface area contributed by atoms with E-state index in [-0.39, 0.29) is 18.9 Å². The lowest BCUT2D eigenvalue weighted by Crippen LogP contribution is -2.30. The summed E-state index contributed by atoms with van der Waals surface area (Å²) in [4.78, 5) is 34.7. The van der Waals surface area contributed by atoms with Crippen molar-refractivity contribution >= 4 is 17.8 Å². The van der Waals surface area contributed by atoms with Crippen molar-refractivity contribution in [1.82, 2.24) is 5.32 Å². The van der Waals surface area contributed by atoms with E-state index in [1.54, 1.807) is 37.3 Å². The first-order chi connectivity index (χ1) is 11.6. The number of rotatable bonds is 7. The van der Waals surface area contributed by atoms with Crippen LogP contribution in [0.2, 0.25) is 0 Å². The Labute approximate surface area is 138 Å². The van der Waals surface area contributed by atoms with Gasteiger partial charge in [-0.1, -0.05) is 12.1 Å². The lowest BCUT2D eigenvalue weighted by molar-refractivity contribution is -0.143. The third kappa shape index (κ3) is 4.98. The maximum absolute atomic E-state index is 11.6. The van der Waals surface area contributed by atoms with Crippen molar-refractivity contribution in [1.29, 1.82) is 0 Å². The monoisotopic (exact) mass is 331 g/mol. The number of ether oxygens (including phenoxy) is 2. The highest BCUT2D eigenvalue weighted by molar-refractivity contribution is 5.93. The lowest BCUT2D eigenvalue weighted by atomic mass is 10.1. The Bertz CT molecular complexity index is 690. The number of carbonyl (C=O) groups is 3. The topological polar surface area (TPSA) is 94.8 Å². The van der Waals surface area contributed by atoms with E-state index in [0.717, 1.165) is 0 Å². The summed E-state index contributed by atoms with van der Waals surface area (Å²) in [6.45, 7) is 1.82. The molecule has 0 radical (unpaired) electrons. The van der Waals surface area contributed by atoms with Gasteiger partial charge in [0.1, 0.15) is 13.2 Å². The van der Waals surface area contributed by atoms with Gasteiger partial charge in [-0.25, -0.2) is 4.79 Å². The van der Waals surface area contributed by atoms with Gasteiger partial charge in [0.15, 0.2) is 5.76 Å². The van der Waals surface area contributed by atoms with E-state index in [2.05, 4.69) is 5.32 Å². The van der Waals surface area contributed by atoms with Gasteiger partial charge in [0.05, 0.1) is 18.4 Å². The van der Waals surface area contributed by atoms with Crippen LogP contribution in [0.4, 0.5) is 0 Å². The molecular formula is C17H17NO6. The standard InChI is InChI=1S/C17H17NO6/c1-2-22-17(21)13-7-5-12(6-8-13)11-24-15(19)10-18-16(20)14-4-3-9-23-14/h3-9H,2,10-11H2,1H3,(H,18,20). The van der Waals surface area contributed by atoms with Crippen molar-refractivity contribution in [2.45, 2.75) is 13.5 Å². The Morgan fingerprint density at radius 1 is 1.08 bits per heavy atom. The molecule has 1 aromatic carbocycles. The normalized spacial score (nSPS) is 10.0. The number of furan rings is 1. The molecule has 0 bridgehead atoms. The van der Waals surface area contributed by atoms with Crippen LogP contribution in [0, 0.1) is 0 Å². The zero-order chi connectivity index (χ0) is 17.4. The van der Waals surface area contributed by atoms with Crippen molar-refractivity contribution in [3.05, 3.63) is 59.5 Å². The largest absolute Gasteiger partial charge is 0.462 e. The molecule has 1 amide bonds. The van der Waals surface area contributed by atoms with E-state index in [1.165, 1.54) is 12.3 Å². The molecule has 0 aliphatic rings. The van der Waals surface area contributed by atoms with Crippen molar-refractivity contribution in [3.63, 3.8) is 0 Å². The summed E-state index contributed by atoms with van der Waals surface area (Å²) >= 11 is 0. The van der Waals surface area contributed by atoms with Crippen molar-refractivity contribution in [2.75, 3.05) is 13.2 Å². The molecule has 1 heterocycles. The molecule has 1 N–H and O–H groups in total. The minimum absolute atomic E-state index is 0.0402. The van der Waals surface area contributed by atoms with Crippen LogP contribution < -0.4 is 5.32 Å². The van der Waals surface area contributed by atoms with E-state index in [9.17, 15) is 14.4 Å². The zero-order valence-electron chi connectivity index (χ0n) is 13.1. The Kier molecular flexibility index (Phi) is 6.13. The molecule has 1 aromatic heterocycles. The fraction of sp³-hybridized carbons (Fsp3) is 0.235. The van der Waals surface area contributed by atoms with E-state index < -0.39 is 17.8 Å². The molecular weight excluding hydrogens is 314 g/mol. The molecule has 0 unspecified atom stereocenters. The Morgan fingerprint density at radius 3 is 2.46 bits per heavy atom. The highest BCUT2D eigenvalue weighted by atomic mass is 16.5. The lowest BCUT2D eigenvalue weighted by Gasteiger charge is -2.07. The second-order valence-electron chi connectivity index (χ2n) is 4.74. The molecule has 2 aromatic rings. The number of hydrogen-bond donors (Lipinski definition) is 1. The third-order valence-electron chi connectivity index (χ3n) is 3.00. The summed E-state index contributed by atoms with van der Waals surface area (Å²) in [5, 5.41) is 2.39. The maximum Gasteiger partial charge on any atom is 0.338 e. The van der Waals surface area contributed by atoms with Gasteiger partial charge in [0.2, 0.25) is 0 Å². The van der Waals surface area contributed by atoms with Gasteiger partial charge in [0.25, 0.3) is 5.91 Å². The molecule has 0 aliphatic heterocycles. The molecule has 0 saturated heterocycles. The number of amides is 1. The van der Waals surface area contributed by atoms with Crippen LogP contribution in [0.25, 0.3) is 0 Å². The summed E-state index contributed by atoms with van der Waals surface area (Å²) in [6.07, 6.45) is 1.37. The van der Waals surface area contributed by atoms with Gasteiger partial charge in [-0.05, 0) is 36.8 Å². The molecule has 7 heteroatoms. The SMILES string of the molecule is CCOC(=O)c1ccc(COC(=O)CNC(=O)c2ccco2)cc1. The minimum atomic E-state index is -0.579. The van der Waals surface area contributed by atoms with Gasteiger partial charge < -0.3 is 19.2 Å².